The molecule has 9 heteroatoms. The summed E-state index contributed by atoms with van der Waals surface area (Å²) in [6, 6.07) is 30.6. The van der Waals surface area contributed by atoms with Crippen LogP contribution in [0.2, 0.25) is 5.02 Å². The van der Waals surface area contributed by atoms with E-state index in [1.165, 1.54) is 23.1 Å². The van der Waals surface area contributed by atoms with Crippen molar-refractivity contribution >= 4 is 39.1 Å². The molecule has 43 heavy (non-hydrogen) atoms. The number of halogens is 1. The molecule has 0 saturated carbocycles. The van der Waals surface area contributed by atoms with Crippen molar-refractivity contribution in [2.45, 2.75) is 44.2 Å². The molecule has 0 spiro atoms. The Hall–Kier alpha value is -4.14. The Morgan fingerprint density at radius 2 is 1.51 bits per heavy atom. The third-order valence-corrected chi connectivity index (χ3v) is 9.15. The average molecular weight is 618 g/mol. The van der Waals surface area contributed by atoms with Crippen molar-refractivity contribution in [3.63, 3.8) is 0 Å². The maximum Gasteiger partial charge on any atom is 0.264 e. The van der Waals surface area contributed by atoms with E-state index in [-0.39, 0.29) is 29.5 Å². The number of carbonyl (C=O) groups is 2. The highest BCUT2D eigenvalue weighted by Crippen LogP contribution is 2.27. The molecule has 0 saturated heterocycles. The van der Waals surface area contributed by atoms with Gasteiger partial charge in [0.25, 0.3) is 10.0 Å². The lowest BCUT2D eigenvalue weighted by Crippen LogP contribution is -2.53. The molecule has 0 unspecified atom stereocenters. The van der Waals surface area contributed by atoms with E-state index in [1.54, 1.807) is 36.4 Å². The Morgan fingerprint density at radius 1 is 0.860 bits per heavy atom. The first-order valence-corrected chi connectivity index (χ1v) is 16.0. The number of sulfonamides is 1. The van der Waals surface area contributed by atoms with Gasteiger partial charge in [-0.25, -0.2) is 8.42 Å². The minimum absolute atomic E-state index is 0.0368. The number of rotatable bonds is 13. The average Bonchev–Trinajstić information content (AvgIpc) is 3.02. The summed E-state index contributed by atoms with van der Waals surface area (Å²) in [5.74, 6) is -0.817. The fraction of sp³-hybridized carbons (Fsp3) is 0.235. The van der Waals surface area contributed by atoms with Crippen LogP contribution in [0.25, 0.3) is 0 Å². The quantitative estimate of drug-likeness (QED) is 0.199. The Morgan fingerprint density at radius 3 is 2.16 bits per heavy atom. The van der Waals surface area contributed by atoms with Crippen LogP contribution in [0.3, 0.4) is 0 Å². The Balaban J connectivity index is 1.80. The summed E-state index contributed by atoms with van der Waals surface area (Å²) in [7, 11) is -4.17. The lowest BCUT2D eigenvalue weighted by molar-refractivity contribution is -0.140. The molecule has 0 fully saturated rings. The van der Waals surface area contributed by atoms with Crippen molar-refractivity contribution in [3.05, 3.63) is 131 Å². The standard InChI is InChI=1S/C34H36ClN3O4S/c1-3-21-36-34(40)32(22-27-14-6-4-7-15-27)37(24-28-16-11-10-13-26(28)2)33(39)25-38(30-18-12-17-29(35)23-30)43(41,42)31-19-8-5-9-20-31/h4-20,23,32H,3,21-22,24-25H2,1-2H3,(H,36,40)/t32-/m0/s1. The SMILES string of the molecule is CCCNC(=O)[C@H](Cc1ccccc1)N(Cc1ccccc1C)C(=O)CN(c1cccc(Cl)c1)S(=O)(=O)c1ccccc1. The molecule has 2 amide bonds. The van der Waals surface area contributed by atoms with Crippen LogP contribution in [0.5, 0.6) is 0 Å². The molecule has 0 aromatic heterocycles. The van der Waals surface area contributed by atoms with Crippen LogP contribution in [-0.4, -0.2) is 44.3 Å². The van der Waals surface area contributed by atoms with Gasteiger partial charge >= 0.3 is 0 Å². The summed E-state index contributed by atoms with van der Waals surface area (Å²) in [6.45, 7) is 3.94. The second-order valence-electron chi connectivity index (χ2n) is 10.2. The minimum Gasteiger partial charge on any atom is -0.354 e. The van der Waals surface area contributed by atoms with Gasteiger partial charge in [0.15, 0.2) is 0 Å². The fourth-order valence-electron chi connectivity index (χ4n) is 4.77. The molecule has 0 aliphatic rings. The zero-order valence-electron chi connectivity index (χ0n) is 24.3. The zero-order valence-corrected chi connectivity index (χ0v) is 25.9. The largest absolute Gasteiger partial charge is 0.354 e. The summed E-state index contributed by atoms with van der Waals surface area (Å²) in [5.41, 5.74) is 2.94. The molecular formula is C34H36ClN3O4S. The zero-order chi connectivity index (χ0) is 30.8. The van der Waals surface area contributed by atoms with E-state index in [0.29, 0.717) is 11.6 Å². The van der Waals surface area contributed by atoms with Gasteiger partial charge in [-0.2, -0.15) is 0 Å². The predicted molar refractivity (Wildman–Crippen MR) is 171 cm³/mol. The van der Waals surface area contributed by atoms with Crippen molar-refractivity contribution in [1.82, 2.24) is 10.2 Å². The number of carbonyl (C=O) groups excluding carboxylic acids is 2. The Labute approximate surface area is 259 Å². The first-order valence-electron chi connectivity index (χ1n) is 14.2. The van der Waals surface area contributed by atoms with Crippen molar-refractivity contribution in [2.24, 2.45) is 0 Å². The molecule has 7 nitrogen and oxygen atoms in total. The molecule has 0 aliphatic carbocycles. The smallest absolute Gasteiger partial charge is 0.264 e. The molecule has 4 rings (SSSR count). The van der Waals surface area contributed by atoms with Crippen LogP contribution in [-0.2, 0) is 32.6 Å². The number of amides is 2. The van der Waals surface area contributed by atoms with Crippen molar-refractivity contribution in [3.8, 4) is 0 Å². The first kappa shape index (κ1) is 31.8. The van der Waals surface area contributed by atoms with Gasteiger partial charge in [0.2, 0.25) is 11.8 Å². The van der Waals surface area contributed by atoms with Gasteiger partial charge in [-0.3, -0.25) is 13.9 Å². The second-order valence-corrected chi connectivity index (χ2v) is 12.5. The summed E-state index contributed by atoms with van der Waals surface area (Å²) in [5, 5.41) is 3.28. The molecule has 0 bridgehead atoms. The fourth-order valence-corrected chi connectivity index (χ4v) is 6.38. The van der Waals surface area contributed by atoms with E-state index < -0.39 is 28.5 Å². The van der Waals surface area contributed by atoms with Gasteiger partial charge < -0.3 is 10.2 Å². The van der Waals surface area contributed by atoms with Crippen LogP contribution < -0.4 is 9.62 Å². The van der Waals surface area contributed by atoms with E-state index in [2.05, 4.69) is 5.32 Å². The van der Waals surface area contributed by atoms with Gasteiger partial charge in [0, 0.05) is 24.5 Å². The Bertz CT molecular complexity index is 1630. The number of nitrogens with one attached hydrogen (secondary N) is 1. The lowest BCUT2D eigenvalue weighted by atomic mass is 10.0. The maximum atomic E-state index is 14.4. The number of hydrogen-bond acceptors (Lipinski definition) is 4. The highest BCUT2D eigenvalue weighted by atomic mass is 35.5. The number of nitrogens with zero attached hydrogens (tertiary/aromatic N) is 2. The normalized spacial score (nSPS) is 11.9. The second kappa shape index (κ2) is 14.8. The van der Waals surface area contributed by atoms with E-state index in [4.69, 9.17) is 11.6 Å². The molecule has 4 aromatic rings. The van der Waals surface area contributed by atoms with Gasteiger partial charge in [-0.15, -0.1) is 0 Å². The molecule has 224 valence electrons. The summed E-state index contributed by atoms with van der Waals surface area (Å²) < 4.78 is 29.0. The summed E-state index contributed by atoms with van der Waals surface area (Å²) in [4.78, 5) is 29.6. The minimum atomic E-state index is -4.17. The highest BCUT2D eigenvalue weighted by Gasteiger charge is 2.34. The molecule has 1 atom stereocenters. The van der Waals surface area contributed by atoms with Gasteiger partial charge in [-0.05, 0) is 60.4 Å². The van der Waals surface area contributed by atoms with Gasteiger partial charge in [0.05, 0.1) is 10.6 Å². The molecule has 1 N–H and O–H groups in total. The first-order chi connectivity index (χ1) is 20.7. The maximum absolute atomic E-state index is 14.4. The summed E-state index contributed by atoms with van der Waals surface area (Å²) >= 11 is 6.27. The van der Waals surface area contributed by atoms with Crippen molar-refractivity contribution < 1.29 is 18.0 Å². The third kappa shape index (κ3) is 8.24. The number of hydrogen-bond donors (Lipinski definition) is 1. The van der Waals surface area contributed by atoms with Gasteiger partial charge in [-0.1, -0.05) is 97.4 Å². The van der Waals surface area contributed by atoms with Crippen molar-refractivity contribution in [1.29, 1.82) is 0 Å². The molecular weight excluding hydrogens is 582 g/mol. The van der Waals surface area contributed by atoms with E-state index in [1.807, 2.05) is 68.4 Å². The molecule has 4 aromatic carbocycles. The van der Waals surface area contributed by atoms with Crippen molar-refractivity contribution in [2.75, 3.05) is 17.4 Å². The topological polar surface area (TPSA) is 86.8 Å². The lowest BCUT2D eigenvalue weighted by Gasteiger charge is -2.34. The van der Waals surface area contributed by atoms with E-state index in [9.17, 15) is 18.0 Å². The number of anilines is 1. The third-order valence-electron chi connectivity index (χ3n) is 7.13. The predicted octanol–water partition coefficient (Wildman–Crippen LogP) is 6.01. The molecule has 0 radical (unpaired) electrons. The Kier molecular flexibility index (Phi) is 11.0. The monoisotopic (exact) mass is 617 g/mol. The molecule has 0 aliphatic heterocycles. The van der Waals surface area contributed by atoms with Crippen LogP contribution in [0.1, 0.15) is 30.0 Å². The number of aryl methyl sites for hydroxylation is 1. The summed E-state index contributed by atoms with van der Waals surface area (Å²) in [6.07, 6.45) is 0.990. The highest BCUT2D eigenvalue weighted by molar-refractivity contribution is 7.92. The molecule has 0 heterocycles. The van der Waals surface area contributed by atoms with Crippen LogP contribution >= 0.6 is 11.6 Å². The van der Waals surface area contributed by atoms with E-state index >= 15 is 0 Å². The van der Waals surface area contributed by atoms with Gasteiger partial charge in [0.1, 0.15) is 12.6 Å². The van der Waals surface area contributed by atoms with E-state index in [0.717, 1.165) is 27.4 Å². The van der Waals surface area contributed by atoms with Crippen LogP contribution in [0, 0.1) is 6.92 Å². The number of benzene rings is 4. The van der Waals surface area contributed by atoms with Crippen LogP contribution in [0.15, 0.2) is 114 Å². The van der Waals surface area contributed by atoms with Crippen LogP contribution in [0.4, 0.5) is 5.69 Å².